The Hall–Kier alpha value is -1.23. The van der Waals surface area contributed by atoms with Crippen LogP contribution in [0.25, 0.3) is 0 Å². The minimum Gasteiger partial charge on any atom is -0.271 e. The van der Waals surface area contributed by atoms with Gasteiger partial charge in [-0.2, -0.15) is 11.3 Å². The van der Waals surface area contributed by atoms with Crippen molar-refractivity contribution in [1.29, 1.82) is 0 Å². The van der Waals surface area contributed by atoms with Crippen molar-refractivity contribution in [3.05, 3.63) is 58.0 Å². The van der Waals surface area contributed by atoms with E-state index >= 15 is 0 Å². The first kappa shape index (κ1) is 11.3. The predicted octanol–water partition coefficient (Wildman–Crippen LogP) is 2.63. The van der Waals surface area contributed by atoms with Gasteiger partial charge in [-0.1, -0.05) is 12.1 Å². The Bertz CT molecular complexity index is 442. The molecule has 2 nitrogen and oxygen atoms in total. The van der Waals surface area contributed by atoms with Crippen LogP contribution in [0.1, 0.15) is 17.2 Å². The van der Waals surface area contributed by atoms with Gasteiger partial charge in [0.1, 0.15) is 5.82 Å². The van der Waals surface area contributed by atoms with Gasteiger partial charge in [-0.3, -0.25) is 11.3 Å². The van der Waals surface area contributed by atoms with E-state index in [0.29, 0.717) is 6.42 Å². The molecule has 0 amide bonds. The minimum atomic E-state index is -0.210. The van der Waals surface area contributed by atoms with Gasteiger partial charge in [-0.15, -0.1) is 0 Å². The number of halogens is 1. The molecule has 0 radical (unpaired) electrons. The molecule has 1 unspecified atom stereocenters. The lowest BCUT2D eigenvalue weighted by atomic mass is 10.0. The summed E-state index contributed by atoms with van der Waals surface area (Å²) in [5, 5.41) is 4.05. The van der Waals surface area contributed by atoms with Crippen molar-refractivity contribution >= 4 is 11.3 Å². The van der Waals surface area contributed by atoms with Gasteiger partial charge in [0.25, 0.3) is 0 Å². The normalized spacial score (nSPS) is 12.6. The summed E-state index contributed by atoms with van der Waals surface area (Å²) in [6.45, 7) is 0. The van der Waals surface area contributed by atoms with Crippen molar-refractivity contribution in [2.24, 2.45) is 5.84 Å². The summed E-state index contributed by atoms with van der Waals surface area (Å²) >= 11 is 1.63. The van der Waals surface area contributed by atoms with Crippen molar-refractivity contribution in [3.63, 3.8) is 0 Å². The molecule has 2 rings (SSSR count). The van der Waals surface area contributed by atoms with Crippen LogP contribution in [0.15, 0.2) is 41.1 Å². The van der Waals surface area contributed by atoms with Gasteiger partial charge < -0.3 is 0 Å². The predicted molar refractivity (Wildman–Crippen MR) is 64.5 cm³/mol. The highest BCUT2D eigenvalue weighted by Gasteiger charge is 2.10. The molecule has 0 saturated carbocycles. The highest BCUT2D eigenvalue weighted by atomic mass is 32.1. The summed E-state index contributed by atoms with van der Waals surface area (Å²) in [5.41, 5.74) is 4.83. The van der Waals surface area contributed by atoms with E-state index in [1.54, 1.807) is 17.4 Å². The van der Waals surface area contributed by atoms with Crippen LogP contribution >= 0.6 is 11.3 Å². The largest absolute Gasteiger partial charge is 0.271 e. The molecule has 4 heteroatoms. The van der Waals surface area contributed by atoms with E-state index in [-0.39, 0.29) is 11.9 Å². The first-order valence-corrected chi connectivity index (χ1v) is 5.96. The summed E-state index contributed by atoms with van der Waals surface area (Å²) in [7, 11) is 0. The maximum Gasteiger partial charge on any atom is 0.123 e. The van der Waals surface area contributed by atoms with Crippen LogP contribution in [0.3, 0.4) is 0 Å². The third-order valence-corrected chi connectivity index (χ3v) is 3.18. The van der Waals surface area contributed by atoms with E-state index in [4.69, 9.17) is 5.84 Å². The molecule has 1 atom stereocenters. The minimum absolute atomic E-state index is 0.0352. The van der Waals surface area contributed by atoms with E-state index in [0.717, 1.165) is 11.1 Å². The molecule has 3 N–H and O–H groups in total. The van der Waals surface area contributed by atoms with E-state index in [2.05, 4.69) is 5.43 Å². The lowest BCUT2D eigenvalue weighted by Crippen LogP contribution is -2.29. The first-order valence-electron chi connectivity index (χ1n) is 5.02. The maximum absolute atomic E-state index is 13.0. The quantitative estimate of drug-likeness (QED) is 0.632. The Morgan fingerprint density at radius 1 is 1.38 bits per heavy atom. The van der Waals surface area contributed by atoms with E-state index in [1.165, 1.54) is 12.1 Å². The Kier molecular flexibility index (Phi) is 3.66. The molecule has 0 saturated heterocycles. The van der Waals surface area contributed by atoms with Crippen LogP contribution in [0.4, 0.5) is 4.39 Å². The number of hydrazine groups is 1. The summed E-state index contributed by atoms with van der Waals surface area (Å²) in [5.74, 6) is 5.30. The van der Waals surface area contributed by atoms with Gasteiger partial charge in [0.15, 0.2) is 0 Å². The van der Waals surface area contributed by atoms with E-state index < -0.39 is 0 Å². The molecule has 2 aromatic rings. The van der Waals surface area contributed by atoms with Gasteiger partial charge in [-0.05, 0) is 46.5 Å². The second-order valence-electron chi connectivity index (χ2n) is 3.61. The standard InChI is InChI=1S/C12H13FN2S/c13-11-3-1-2-9(6-11)7-12(15-14)10-4-5-16-8-10/h1-6,8,12,15H,7,14H2. The van der Waals surface area contributed by atoms with Crippen molar-refractivity contribution in [2.45, 2.75) is 12.5 Å². The fourth-order valence-electron chi connectivity index (χ4n) is 1.65. The van der Waals surface area contributed by atoms with Crippen LogP contribution in [0.2, 0.25) is 0 Å². The Labute approximate surface area is 97.9 Å². The number of hydrogen-bond acceptors (Lipinski definition) is 3. The number of nitrogens with two attached hydrogens (primary N) is 1. The first-order chi connectivity index (χ1) is 7.79. The number of thiophene rings is 1. The summed E-state index contributed by atoms with van der Waals surface area (Å²) in [6, 6.07) is 8.66. The molecule has 1 aromatic carbocycles. The van der Waals surface area contributed by atoms with Gasteiger partial charge in [0.05, 0.1) is 6.04 Å². The molecule has 0 aliphatic heterocycles. The van der Waals surface area contributed by atoms with Crippen LogP contribution in [0, 0.1) is 5.82 Å². The van der Waals surface area contributed by atoms with Crippen molar-refractivity contribution in [1.82, 2.24) is 5.43 Å². The molecule has 0 spiro atoms. The van der Waals surface area contributed by atoms with Gasteiger partial charge in [0.2, 0.25) is 0 Å². The van der Waals surface area contributed by atoms with Crippen molar-refractivity contribution in [3.8, 4) is 0 Å². The average Bonchev–Trinajstić information content (AvgIpc) is 2.79. The highest BCUT2D eigenvalue weighted by molar-refractivity contribution is 7.07. The fraction of sp³-hybridized carbons (Fsp3) is 0.167. The second kappa shape index (κ2) is 5.21. The fourth-order valence-corrected chi connectivity index (χ4v) is 2.36. The third-order valence-electron chi connectivity index (χ3n) is 2.48. The van der Waals surface area contributed by atoms with Crippen LogP contribution in [0.5, 0.6) is 0 Å². The highest BCUT2D eigenvalue weighted by Crippen LogP contribution is 2.20. The molecule has 0 aliphatic rings. The number of hydrogen-bond donors (Lipinski definition) is 2. The Morgan fingerprint density at radius 2 is 2.25 bits per heavy atom. The molecule has 0 fully saturated rings. The summed E-state index contributed by atoms with van der Waals surface area (Å²) in [6.07, 6.45) is 0.686. The third kappa shape index (κ3) is 2.66. The van der Waals surface area contributed by atoms with E-state index in [9.17, 15) is 4.39 Å². The lowest BCUT2D eigenvalue weighted by Gasteiger charge is -2.14. The monoisotopic (exact) mass is 236 g/mol. The molecule has 16 heavy (non-hydrogen) atoms. The SMILES string of the molecule is NNC(Cc1cccc(F)c1)c1ccsc1. The molecular formula is C12H13FN2S. The molecule has 84 valence electrons. The summed E-state index contributed by atoms with van der Waals surface area (Å²) in [4.78, 5) is 0. The van der Waals surface area contributed by atoms with Crippen molar-refractivity contribution < 1.29 is 4.39 Å². The van der Waals surface area contributed by atoms with Crippen LogP contribution < -0.4 is 11.3 Å². The maximum atomic E-state index is 13.0. The van der Waals surface area contributed by atoms with Gasteiger partial charge in [0, 0.05) is 0 Å². The Morgan fingerprint density at radius 3 is 2.88 bits per heavy atom. The second-order valence-corrected chi connectivity index (χ2v) is 4.39. The van der Waals surface area contributed by atoms with E-state index in [1.807, 2.05) is 22.9 Å². The molecular weight excluding hydrogens is 223 g/mol. The smallest absolute Gasteiger partial charge is 0.123 e. The topological polar surface area (TPSA) is 38.0 Å². The number of benzene rings is 1. The number of nitrogens with one attached hydrogen (secondary N) is 1. The molecule has 1 aromatic heterocycles. The zero-order valence-corrected chi connectivity index (χ0v) is 9.51. The molecule has 0 aliphatic carbocycles. The van der Waals surface area contributed by atoms with Crippen LogP contribution in [-0.4, -0.2) is 0 Å². The van der Waals surface area contributed by atoms with Gasteiger partial charge in [-0.25, -0.2) is 4.39 Å². The van der Waals surface area contributed by atoms with Gasteiger partial charge >= 0.3 is 0 Å². The average molecular weight is 236 g/mol. The zero-order chi connectivity index (χ0) is 11.4. The molecule has 1 heterocycles. The van der Waals surface area contributed by atoms with Crippen molar-refractivity contribution in [2.75, 3.05) is 0 Å². The van der Waals surface area contributed by atoms with Crippen LogP contribution in [-0.2, 0) is 6.42 Å². The Balaban J connectivity index is 2.13. The molecule has 0 bridgehead atoms. The number of rotatable bonds is 4. The zero-order valence-electron chi connectivity index (χ0n) is 8.69. The lowest BCUT2D eigenvalue weighted by molar-refractivity contribution is 0.550. The summed E-state index contributed by atoms with van der Waals surface area (Å²) < 4.78 is 13.0.